The molecular formula is C15H20ClN3. The van der Waals surface area contributed by atoms with Gasteiger partial charge in [0, 0.05) is 30.5 Å². The van der Waals surface area contributed by atoms with Gasteiger partial charge in [0.05, 0.1) is 6.04 Å². The average molecular weight is 278 g/mol. The standard InChI is InChI=1S/C15H20ClN3/c1-11(10-13-6-4-5-7-14(13)16)18-12(2)15-17-8-9-19(15)3/h4-9,11-12,18H,10H2,1-3H3. The van der Waals surface area contributed by atoms with Crippen molar-refractivity contribution in [3.8, 4) is 0 Å². The molecular weight excluding hydrogens is 258 g/mol. The first kappa shape index (κ1) is 14.1. The molecule has 0 bridgehead atoms. The molecule has 1 aromatic carbocycles. The quantitative estimate of drug-likeness (QED) is 0.908. The van der Waals surface area contributed by atoms with E-state index in [0.29, 0.717) is 6.04 Å². The molecule has 1 aromatic heterocycles. The Morgan fingerprint density at radius 1 is 1.32 bits per heavy atom. The summed E-state index contributed by atoms with van der Waals surface area (Å²) in [7, 11) is 2.01. The van der Waals surface area contributed by atoms with Crippen molar-refractivity contribution in [1.29, 1.82) is 0 Å². The SMILES string of the molecule is CC(Cc1ccccc1Cl)NC(C)c1nccn1C. The Labute approximate surface area is 119 Å². The zero-order valence-electron chi connectivity index (χ0n) is 11.6. The van der Waals surface area contributed by atoms with Gasteiger partial charge < -0.3 is 9.88 Å². The molecule has 102 valence electrons. The van der Waals surface area contributed by atoms with Crippen molar-refractivity contribution in [3.05, 3.63) is 53.1 Å². The van der Waals surface area contributed by atoms with Crippen molar-refractivity contribution < 1.29 is 0 Å². The molecule has 0 spiro atoms. The van der Waals surface area contributed by atoms with Gasteiger partial charge in [-0.1, -0.05) is 29.8 Å². The summed E-state index contributed by atoms with van der Waals surface area (Å²) in [4.78, 5) is 4.37. The molecule has 0 saturated carbocycles. The van der Waals surface area contributed by atoms with E-state index in [4.69, 9.17) is 11.6 Å². The highest BCUT2D eigenvalue weighted by Gasteiger charge is 2.14. The number of rotatable bonds is 5. The molecule has 19 heavy (non-hydrogen) atoms. The lowest BCUT2D eigenvalue weighted by atomic mass is 10.1. The second kappa shape index (κ2) is 6.22. The number of aromatic nitrogens is 2. The molecule has 2 aromatic rings. The molecule has 3 nitrogen and oxygen atoms in total. The van der Waals surface area contributed by atoms with E-state index >= 15 is 0 Å². The number of benzene rings is 1. The first-order valence-electron chi connectivity index (χ1n) is 6.54. The molecule has 2 unspecified atom stereocenters. The maximum atomic E-state index is 6.19. The summed E-state index contributed by atoms with van der Waals surface area (Å²) >= 11 is 6.19. The minimum Gasteiger partial charge on any atom is -0.337 e. The summed E-state index contributed by atoms with van der Waals surface area (Å²) in [5, 5.41) is 4.39. The van der Waals surface area contributed by atoms with E-state index in [1.807, 2.05) is 42.2 Å². The van der Waals surface area contributed by atoms with Gasteiger partial charge in [-0.2, -0.15) is 0 Å². The highest BCUT2D eigenvalue weighted by atomic mass is 35.5. The van der Waals surface area contributed by atoms with Gasteiger partial charge >= 0.3 is 0 Å². The van der Waals surface area contributed by atoms with Gasteiger partial charge in [-0.15, -0.1) is 0 Å². The predicted molar refractivity (Wildman–Crippen MR) is 79.4 cm³/mol. The van der Waals surface area contributed by atoms with Gasteiger partial charge in [0.25, 0.3) is 0 Å². The normalized spacial score (nSPS) is 14.3. The molecule has 1 heterocycles. The lowest BCUT2D eigenvalue weighted by molar-refractivity contribution is 0.453. The Hall–Kier alpha value is -1.32. The third-order valence-electron chi connectivity index (χ3n) is 3.26. The third-order valence-corrected chi connectivity index (χ3v) is 3.63. The van der Waals surface area contributed by atoms with Crippen LogP contribution in [0.1, 0.15) is 31.3 Å². The Bertz CT molecular complexity index is 536. The van der Waals surface area contributed by atoms with E-state index < -0.39 is 0 Å². The van der Waals surface area contributed by atoms with Crippen LogP contribution in [-0.2, 0) is 13.5 Å². The first-order chi connectivity index (χ1) is 9.08. The van der Waals surface area contributed by atoms with Gasteiger partial charge in [-0.25, -0.2) is 4.98 Å². The Morgan fingerprint density at radius 2 is 2.05 bits per heavy atom. The van der Waals surface area contributed by atoms with Crippen LogP contribution in [0.15, 0.2) is 36.7 Å². The Morgan fingerprint density at radius 3 is 2.68 bits per heavy atom. The minimum atomic E-state index is 0.220. The molecule has 0 aliphatic rings. The highest BCUT2D eigenvalue weighted by molar-refractivity contribution is 6.31. The summed E-state index contributed by atoms with van der Waals surface area (Å²) in [5.41, 5.74) is 1.18. The van der Waals surface area contributed by atoms with Crippen molar-refractivity contribution in [3.63, 3.8) is 0 Å². The number of hydrogen-bond donors (Lipinski definition) is 1. The Balaban J connectivity index is 1.97. The zero-order chi connectivity index (χ0) is 13.8. The van der Waals surface area contributed by atoms with E-state index in [1.54, 1.807) is 0 Å². The summed E-state index contributed by atoms with van der Waals surface area (Å²) < 4.78 is 2.04. The van der Waals surface area contributed by atoms with E-state index in [9.17, 15) is 0 Å². The van der Waals surface area contributed by atoms with Gasteiger partial charge in [0.15, 0.2) is 0 Å². The van der Waals surface area contributed by atoms with E-state index in [1.165, 1.54) is 5.56 Å². The number of hydrogen-bond acceptors (Lipinski definition) is 2. The van der Waals surface area contributed by atoms with Crippen molar-refractivity contribution in [1.82, 2.24) is 14.9 Å². The molecule has 4 heteroatoms. The van der Waals surface area contributed by atoms with Crippen LogP contribution < -0.4 is 5.32 Å². The number of halogens is 1. The molecule has 0 aliphatic carbocycles. The van der Waals surface area contributed by atoms with Crippen LogP contribution in [0, 0.1) is 0 Å². The molecule has 0 fully saturated rings. The molecule has 0 amide bonds. The zero-order valence-corrected chi connectivity index (χ0v) is 12.4. The maximum Gasteiger partial charge on any atom is 0.125 e. The highest BCUT2D eigenvalue weighted by Crippen LogP contribution is 2.18. The van der Waals surface area contributed by atoms with Crippen LogP contribution in [0.2, 0.25) is 5.02 Å². The van der Waals surface area contributed by atoms with Crippen LogP contribution in [0.4, 0.5) is 0 Å². The summed E-state index contributed by atoms with van der Waals surface area (Å²) in [5.74, 6) is 1.05. The smallest absolute Gasteiger partial charge is 0.125 e. The number of aryl methyl sites for hydroxylation is 1. The topological polar surface area (TPSA) is 29.9 Å². The number of nitrogens with zero attached hydrogens (tertiary/aromatic N) is 2. The fourth-order valence-corrected chi connectivity index (χ4v) is 2.56. The number of nitrogens with one attached hydrogen (secondary N) is 1. The van der Waals surface area contributed by atoms with E-state index in [0.717, 1.165) is 17.3 Å². The minimum absolute atomic E-state index is 0.220. The van der Waals surface area contributed by atoms with Gasteiger partial charge in [0.1, 0.15) is 5.82 Å². The fourth-order valence-electron chi connectivity index (χ4n) is 2.35. The van der Waals surface area contributed by atoms with Crippen LogP contribution in [-0.4, -0.2) is 15.6 Å². The predicted octanol–water partition coefficient (Wildman–Crippen LogP) is 3.36. The molecule has 0 aliphatic heterocycles. The van der Waals surface area contributed by atoms with Crippen molar-refractivity contribution in [2.75, 3.05) is 0 Å². The third kappa shape index (κ3) is 3.58. The largest absolute Gasteiger partial charge is 0.337 e. The van der Waals surface area contributed by atoms with Crippen LogP contribution in [0.5, 0.6) is 0 Å². The summed E-state index contributed by atoms with van der Waals surface area (Å²) in [6, 6.07) is 8.55. The van der Waals surface area contributed by atoms with Gasteiger partial charge in [-0.05, 0) is 31.9 Å². The molecule has 1 N–H and O–H groups in total. The second-order valence-electron chi connectivity index (χ2n) is 4.98. The lowest BCUT2D eigenvalue weighted by Gasteiger charge is -2.20. The summed E-state index contributed by atoms with van der Waals surface area (Å²) in [6.45, 7) is 4.30. The van der Waals surface area contributed by atoms with Gasteiger partial charge in [0.2, 0.25) is 0 Å². The molecule has 2 atom stereocenters. The number of imidazole rings is 1. The van der Waals surface area contributed by atoms with Crippen LogP contribution >= 0.6 is 11.6 Å². The Kier molecular flexibility index (Phi) is 4.61. The van der Waals surface area contributed by atoms with E-state index in [2.05, 4.69) is 30.2 Å². The average Bonchev–Trinajstić information content (AvgIpc) is 2.78. The summed E-state index contributed by atoms with van der Waals surface area (Å²) in [6.07, 6.45) is 4.70. The van der Waals surface area contributed by atoms with Crippen molar-refractivity contribution in [2.24, 2.45) is 7.05 Å². The maximum absolute atomic E-state index is 6.19. The monoisotopic (exact) mass is 277 g/mol. The molecule has 2 rings (SSSR count). The lowest BCUT2D eigenvalue weighted by Crippen LogP contribution is -2.32. The molecule has 0 saturated heterocycles. The van der Waals surface area contributed by atoms with Gasteiger partial charge in [-0.3, -0.25) is 0 Å². The van der Waals surface area contributed by atoms with Crippen molar-refractivity contribution >= 4 is 11.6 Å². The first-order valence-corrected chi connectivity index (χ1v) is 6.92. The van der Waals surface area contributed by atoms with Crippen molar-refractivity contribution in [2.45, 2.75) is 32.4 Å². The van der Waals surface area contributed by atoms with Crippen LogP contribution in [0.25, 0.3) is 0 Å². The molecule has 0 radical (unpaired) electrons. The fraction of sp³-hybridized carbons (Fsp3) is 0.400. The second-order valence-corrected chi connectivity index (χ2v) is 5.39. The van der Waals surface area contributed by atoms with Crippen LogP contribution in [0.3, 0.4) is 0 Å². The van der Waals surface area contributed by atoms with E-state index in [-0.39, 0.29) is 6.04 Å².